The van der Waals surface area contributed by atoms with Crippen LogP contribution in [0.15, 0.2) is 30.3 Å². The van der Waals surface area contributed by atoms with E-state index in [1.165, 1.54) is 0 Å². The molecule has 0 aromatic heterocycles. The van der Waals surface area contributed by atoms with Gasteiger partial charge in [0.1, 0.15) is 0 Å². The molecule has 0 spiro atoms. The van der Waals surface area contributed by atoms with Gasteiger partial charge in [0, 0.05) is 12.5 Å². The standard InChI is InChI=1S/C8H8O.C3H5NO2/c1-7(9)8-5-3-2-4-6-8;1-2(5)3(4)6/h2-6H,1H3;1H3,(H2,4,6). The van der Waals surface area contributed by atoms with E-state index in [0.29, 0.717) is 0 Å². The molecule has 0 fully saturated rings. The van der Waals surface area contributed by atoms with Crippen molar-refractivity contribution in [3.63, 3.8) is 0 Å². The van der Waals surface area contributed by atoms with Crippen molar-refractivity contribution in [2.75, 3.05) is 0 Å². The zero-order chi connectivity index (χ0) is 11.8. The lowest BCUT2D eigenvalue weighted by molar-refractivity contribution is -0.134. The topological polar surface area (TPSA) is 77.2 Å². The Hall–Kier alpha value is -1.97. The van der Waals surface area contributed by atoms with Crippen LogP contribution < -0.4 is 5.73 Å². The van der Waals surface area contributed by atoms with E-state index in [0.717, 1.165) is 12.5 Å². The lowest BCUT2D eigenvalue weighted by atomic mass is 10.2. The molecule has 0 heterocycles. The van der Waals surface area contributed by atoms with Crippen LogP contribution in [-0.4, -0.2) is 17.5 Å². The summed E-state index contributed by atoms with van der Waals surface area (Å²) in [6.45, 7) is 2.69. The minimum atomic E-state index is -0.880. The second kappa shape index (κ2) is 6.48. The van der Waals surface area contributed by atoms with Crippen molar-refractivity contribution in [1.82, 2.24) is 0 Å². The summed E-state index contributed by atoms with van der Waals surface area (Å²) in [4.78, 5) is 29.9. The molecule has 0 bridgehead atoms. The fraction of sp³-hybridized carbons (Fsp3) is 0.182. The highest BCUT2D eigenvalue weighted by Crippen LogP contribution is 1.97. The van der Waals surface area contributed by atoms with E-state index in [-0.39, 0.29) is 5.78 Å². The number of hydrogen-bond acceptors (Lipinski definition) is 3. The highest BCUT2D eigenvalue weighted by atomic mass is 16.2. The maximum absolute atomic E-state index is 10.6. The van der Waals surface area contributed by atoms with Crippen molar-refractivity contribution >= 4 is 17.5 Å². The molecule has 0 radical (unpaired) electrons. The summed E-state index contributed by atoms with van der Waals surface area (Å²) < 4.78 is 0. The Bertz CT molecular complexity index is 345. The number of carbonyl (C=O) groups is 3. The van der Waals surface area contributed by atoms with Crippen molar-refractivity contribution in [2.45, 2.75) is 13.8 Å². The van der Waals surface area contributed by atoms with E-state index in [9.17, 15) is 14.4 Å². The zero-order valence-electron chi connectivity index (χ0n) is 8.69. The first-order valence-corrected chi connectivity index (χ1v) is 4.31. The normalized spacial score (nSPS) is 8.40. The predicted molar refractivity (Wildman–Crippen MR) is 56.3 cm³/mol. The molecule has 4 heteroatoms. The zero-order valence-corrected chi connectivity index (χ0v) is 8.69. The SMILES string of the molecule is CC(=O)C(N)=O.CC(=O)c1ccccc1. The molecule has 4 nitrogen and oxygen atoms in total. The lowest BCUT2D eigenvalue weighted by Gasteiger charge is -1.89. The van der Waals surface area contributed by atoms with E-state index in [4.69, 9.17) is 0 Å². The summed E-state index contributed by atoms with van der Waals surface area (Å²) in [6.07, 6.45) is 0. The maximum atomic E-state index is 10.6. The summed E-state index contributed by atoms with van der Waals surface area (Å²) >= 11 is 0. The Kier molecular flexibility index (Phi) is 5.63. The molecule has 1 aromatic carbocycles. The molecule has 15 heavy (non-hydrogen) atoms. The molecule has 1 amide bonds. The fourth-order valence-electron chi connectivity index (χ4n) is 0.673. The van der Waals surface area contributed by atoms with Gasteiger partial charge < -0.3 is 5.73 Å². The average Bonchev–Trinajstić information content (AvgIpc) is 2.20. The van der Waals surface area contributed by atoms with Crippen LogP contribution in [0.3, 0.4) is 0 Å². The highest BCUT2D eigenvalue weighted by Gasteiger charge is 1.95. The van der Waals surface area contributed by atoms with Crippen molar-refractivity contribution in [3.8, 4) is 0 Å². The third-order valence-electron chi connectivity index (χ3n) is 1.53. The molecular weight excluding hydrogens is 194 g/mol. The Labute approximate surface area is 88.1 Å². The van der Waals surface area contributed by atoms with Crippen molar-refractivity contribution in [1.29, 1.82) is 0 Å². The van der Waals surface area contributed by atoms with E-state index in [2.05, 4.69) is 5.73 Å². The van der Waals surface area contributed by atoms with Crippen LogP contribution in [0.2, 0.25) is 0 Å². The van der Waals surface area contributed by atoms with Crippen molar-refractivity contribution in [2.24, 2.45) is 5.73 Å². The summed E-state index contributed by atoms with van der Waals surface area (Å²) in [5.74, 6) is -1.36. The van der Waals surface area contributed by atoms with Crippen LogP contribution >= 0.6 is 0 Å². The molecule has 0 atom stereocenters. The molecule has 0 saturated carbocycles. The number of hydrogen-bond donors (Lipinski definition) is 1. The van der Waals surface area contributed by atoms with Gasteiger partial charge >= 0.3 is 0 Å². The number of rotatable bonds is 2. The van der Waals surface area contributed by atoms with Gasteiger partial charge in [0.2, 0.25) is 5.78 Å². The largest absolute Gasteiger partial charge is 0.363 e. The number of nitrogens with two attached hydrogens (primary N) is 1. The van der Waals surface area contributed by atoms with E-state index in [1.54, 1.807) is 6.92 Å². The number of carbonyl (C=O) groups excluding carboxylic acids is 3. The minimum Gasteiger partial charge on any atom is -0.363 e. The second-order valence-electron chi connectivity index (χ2n) is 2.84. The second-order valence-corrected chi connectivity index (χ2v) is 2.84. The molecule has 0 unspecified atom stereocenters. The number of Topliss-reactive ketones (excluding diaryl/α,β-unsaturated/α-hetero) is 2. The molecule has 0 aliphatic carbocycles. The summed E-state index contributed by atoms with van der Waals surface area (Å²) in [5, 5.41) is 0. The fourth-order valence-corrected chi connectivity index (χ4v) is 0.673. The smallest absolute Gasteiger partial charge is 0.284 e. The highest BCUT2D eigenvalue weighted by molar-refractivity contribution is 6.34. The van der Waals surface area contributed by atoms with Gasteiger partial charge in [0.05, 0.1) is 0 Å². The first kappa shape index (κ1) is 13.0. The lowest BCUT2D eigenvalue weighted by Crippen LogP contribution is -2.19. The Morgan fingerprint density at radius 2 is 1.40 bits per heavy atom. The van der Waals surface area contributed by atoms with Gasteiger partial charge in [-0.3, -0.25) is 14.4 Å². The number of primary amides is 1. The van der Waals surface area contributed by atoms with Gasteiger partial charge in [-0.1, -0.05) is 30.3 Å². The average molecular weight is 207 g/mol. The number of ketones is 2. The first-order chi connectivity index (χ1) is 6.95. The van der Waals surface area contributed by atoms with Crippen LogP contribution in [0, 0.1) is 0 Å². The molecule has 2 N–H and O–H groups in total. The maximum Gasteiger partial charge on any atom is 0.284 e. The van der Waals surface area contributed by atoms with Crippen molar-refractivity contribution in [3.05, 3.63) is 35.9 Å². The quantitative estimate of drug-likeness (QED) is 0.579. The third kappa shape index (κ3) is 6.15. The van der Waals surface area contributed by atoms with Crippen LogP contribution in [0.5, 0.6) is 0 Å². The van der Waals surface area contributed by atoms with E-state index >= 15 is 0 Å². The van der Waals surface area contributed by atoms with E-state index in [1.807, 2.05) is 30.3 Å². The monoisotopic (exact) mass is 207 g/mol. The number of benzene rings is 1. The molecule has 1 rings (SSSR count). The Morgan fingerprint density at radius 3 is 1.60 bits per heavy atom. The molecule has 0 aliphatic rings. The Balaban J connectivity index is 0.000000288. The summed E-state index contributed by atoms with van der Waals surface area (Å²) in [5.41, 5.74) is 5.22. The van der Waals surface area contributed by atoms with Crippen LogP contribution in [0.1, 0.15) is 24.2 Å². The minimum absolute atomic E-state index is 0.121. The first-order valence-electron chi connectivity index (χ1n) is 4.31. The van der Waals surface area contributed by atoms with Gasteiger partial charge in [0.15, 0.2) is 5.78 Å². The van der Waals surface area contributed by atoms with Crippen LogP contribution in [0.25, 0.3) is 0 Å². The third-order valence-corrected chi connectivity index (χ3v) is 1.53. The number of amides is 1. The summed E-state index contributed by atoms with van der Waals surface area (Å²) in [7, 11) is 0. The van der Waals surface area contributed by atoms with Gasteiger partial charge in [-0.2, -0.15) is 0 Å². The van der Waals surface area contributed by atoms with Gasteiger partial charge in [0.25, 0.3) is 5.91 Å². The van der Waals surface area contributed by atoms with Gasteiger partial charge in [-0.25, -0.2) is 0 Å². The molecule has 80 valence electrons. The molecular formula is C11H13NO3. The van der Waals surface area contributed by atoms with Crippen LogP contribution in [0.4, 0.5) is 0 Å². The van der Waals surface area contributed by atoms with Gasteiger partial charge in [-0.15, -0.1) is 0 Å². The molecule has 0 saturated heterocycles. The molecule has 0 aliphatic heterocycles. The van der Waals surface area contributed by atoms with Crippen molar-refractivity contribution < 1.29 is 14.4 Å². The summed E-state index contributed by atoms with van der Waals surface area (Å²) in [6, 6.07) is 9.23. The Morgan fingerprint density at radius 1 is 1.00 bits per heavy atom. The van der Waals surface area contributed by atoms with Crippen LogP contribution in [-0.2, 0) is 9.59 Å². The van der Waals surface area contributed by atoms with Gasteiger partial charge in [-0.05, 0) is 6.92 Å². The molecule has 1 aromatic rings. The van der Waals surface area contributed by atoms with E-state index < -0.39 is 11.7 Å². The predicted octanol–water partition coefficient (Wildman–Crippen LogP) is 0.950.